The van der Waals surface area contributed by atoms with Crippen LogP contribution in [0.4, 0.5) is 5.82 Å². The Morgan fingerprint density at radius 1 is 1.20 bits per heavy atom. The molecule has 2 saturated heterocycles. The normalized spacial score (nSPS) is 20.9. The summed E-state index contributed by atoms with van der Waals surface area (Å²) in [6.45, 7) is 2.86. The number of sulfone groups is 1. The van der Waals surface area contributed by atoms with Crippen LogP contribution in [-0.4, -0.2) is 57.0 Å². The van der Waals surface area contributed by atoms with Crippen molar-refractivity contribution in [2.45, 2.75) is 57.9 Å². The summed E-state index contributed by atoms with van der Waals surface area (Å²) in [7, 11) is -3.17. The molecule has 1 unspecified atom stereocenters. The summed E-state index contributed by atoms with van der Waals surface area (Å²) in [6, 6.07) is 4.88. The van der Waals surface area contributed by atoms with E-state index in [2.05, 4.69) is 17.2 Å². The lowest BCUT2D eigenvalue weighted by Crippen LogP contribution is -2.39. The number of pyridine rings is 1. The average molecular weight is 535 g/mol. The second-order valence-electron chi connectivity index (χ2n) is 8.91. The van der Waals surface area contributed by atoms with Gasteiger partial charge in [-0.1, -0.05) is 69.1 Å². The van der Waals surface area contributed by atoms with E-state index in [9.17, 15) is 18.0 Å². The molecule has 0 radical (unpaired) electrons. The summed E-state index contributed by atoms with van der Waals surface area (Å²) in [4.78, 5) is 32.9. The predicted octanol–water partition coefficient (Wildman–Crippen LogP) is 3.86. The molecule has 35 heavy (non-hydrogen) atoms. The monoisotopic (exact) mass is 534 g/mol. The fraction of sp³-hybridized carbons (Fsp3) is 0.500. The van der Waals surface area contributed by atoms with Gasteiger partial charge in [-0.25, -0.2) is 13.4 Å². The molecule has 188 valence electrons. The number of nitrogens with zero attached hydrogens (tertiary/aromatic N) is 3. The Bertz CT molecular complexity index is 1320. The highest BCUT2D eigenvalue weighted by Gasteiger charge is 2.42. The predicted molar refractivity (Wildman–Crippen MR) is 145 cm³/mol. The first kappa shape index (κ1) is 25.8. The molecule has 2 aliphatic rings. The maximum absolute atomic E-state index is 13.3. The van der Waals surface area contributed by atoms with Gasteiger partial charge in [0.15, 0.2) is 9.84 Å². The molecule has 0 aliphatic carbocycles. The maximum atomic E-state index is 13.3. The molecule has 1 amide bonds. The van der Waals surface area contributed by atoms with Crippen LogP contribution in [0.1, 0.15) is 57.4 Å². The zero-order valence-electron chi connectivity index (χ0n) is 19.7. The van der Waals surface area contributed by atoms with E-state index in [1.165, 1.54) is 35.0 Å². The van der Waals surface area contributed by atoms with Crippen LogP contribution < -0.4 is 10.9 Å². The molecule has 1 atom stereocenters. The van der Waals surface area contributed by atoms with Gasteiger partial charge >= 0.3 is 0 Å². The summed E-state index contributed by atoms with van der Waals surface area (Å²) in [5, 5.41) is 3.30. The van der Waals surface area contributed by atoms with Gasteiger partial charge in [0.05, 0.1) is 28.0 Å². The van der Waals surface area contributed by atoms with E-state index in [1.807, 2.05) is 6.07 Å². The molecular formula is C24H30N4O4S3. The van der Waals surface area contributed by atoms with Crippen LogP contribution in [0.5, 0.6) is 0 Å². The van der Waals surface area contributed by atoms with Crippen molar-refractivity contribution in [1.82, 2.24) is 14.3 Å². The van der Waals surface area contributed by atoms with Crippen molar-refractivity contribution in [3.05, 3.63) is 45.2 Å². The summed E-state index contributed by atoms with van der Waals surface area (Å²) in [5.41, 5.74) is 0.526. The number of hydrogen-bond donors (Lipinski definition) is 1. The van der Waals surface area contributed by atoms with Gasteiger partial charge < -0.3 is 5.32 Å². The molecule has 4 rings (SSSR count). The van der Waals surface area contributed by atoms with Crippen molar-refractivity contribution < 1.29 is 13.2 Å². The minimum atomic E-state index is -3.17. The van der Waals surface area contributed by atoms with Crippen molar-refractivity contribution in [3.63, 3.8) is 0 Å². The smallest absolute Gasteiger partial charge is 0.267 e. The third-order valence-corrected chi connectivity index (χ3v) is 9.35. The number of nitrogens with one attached hydrogen (secondary N) is 1. The van der Waals surface area contributed by atoms with Gasteiger partial charge in [-0.15, -0.1) is 0 Å². The molecule has 0 aromatic carbocycles. The zero-order chi connectivity index (χ0) is 25.0. The van der Waals surface area contributed by atoms with E-state index in [0.717, 1.165) is 24.6 Å². The van der Waals surface area contributed by atoms with Gasteiger partial charge in [0.2, 0.25) is 0 Å². The highest BCUT2D eigenvalue weighted by molar-refractivity contribution is 8.26. The van der Waals surface area contributed by atoms with Crippen LogP contribution >= 0.6 is 24.0 Å². The van der Waals surface area contributed by atoms with Gasteiger partial charge in [-0.3, -0.25) is 18.9 Å². The second kappa shape index (κ2) is 11.2. The van der Waals surface area contributed by atoms with Crippen molar-refractivity contribution in [2.75, 3.05) is 23.4 Å². The van der Waals surface area contributed by atoms with Gasteiger partial charge in [-0.2, -0.15) is 0 Å². The number of unbranched alkanes of at least 4 members (excludes halogenated alkanes) is 5. The van der Waals surface area contributed by atoms with Crippen LogP contribution in [0.3, 0.4) is 0 Å². The average Bonchev–Trinajstić information content (AvgIpc) is 3.32. The Hall–Kier alpha value is -2.24. The largest absolute Gasteiger partial charge is 0.369 e. The number of rotatable bonds is 10. The number of anilines is 1. The first-order chi connectivity index (χ1) is 16.8. The van der Waals surface area contributed by atoms with E-state index < -0.39 is 15.9 Å². The molecule has 1 N–H and O–H groups in total. The number of aromatic nitrogens is 2. The standard InChI is InChI=1S/C24H30N4O4S3/c1-2-3-4-5-6-8-12-25-21-18(22(29)27-13-9-7-10-20(27)26-21)15-19-23(30)28(24(33)34-19)17-11-14-35(31,32)16-17/h7,9-10,13,15,17,25H,2-6,8,11-12,14,16H2,1H3. The summed E-state index contributed by atoms with van der Waals surface area (Å²) >= 11 is 6.51. The van der Waals surface area contributed by atoms with Crippen molar-refractivity contribution in [3.8, 4) is 0 Å². The summed E-state index contributed by atoms with van der Waals surface area (Å²) < 4.78 is 25.6. The van der Waals surface area contributed by atoms with Gasteiger partial charge in [0.25, 0.3) is 11.5 Å². The number of amides is 1. The van der Waals surface area contributed by atoms with Crippen molar-refractivity contribution in [1.29, 1.82) is 0 Å². The Morgan fingerprint density at radius 2 is 1.97 bits per heavy atom. The van der Waals surface area contributed by atoms with E-state index in [-0.39, 0.29) is 23.0 Å². The molecule has 2 aromatic heterocycles. The van der Waals surface area contributed by atoms with E-state index in [0.29, 0.717) is 39.2 Å². The SMILES string of the molecule is CCCCCCCCNc1nc2ccccn2c(=O)c1C=C1SC(=S)N(C2CCS(=O)(=O)C2)C1=O. The minimum absolute atomic E-state index is 0.0518. The fourth-order valence-electron chi connectivity index (χ4n) is 4.38. The van der Waals surface area contributed by atoms with Crippen LogP contribution in [0.2, 0.25) is 0 Å². The van der Waals surface area contributed by atoms with Gasteiger partial charge in [-0.05, 0) is 31.1 Å². The maximum Gasteiger partial charge on any atom is 0.267 e. The number of carbonyl (C=O) groups excluding carboxylic acids is 1. The van der Waals surface area contributed by atoms with Gasteiger partial charge in [0.1, 0.15) is 15.8 Å². The number of carbonyl (C=O) groups is 1. The third kappa shape index (κ3) is 5.95. The topological polar surface area (TPSA) is 101 Å². The number of fused-ring (bicyclic) bond motifs is 1. The Balaban J connectivity index is 1.59. The zero-order valence-corrected chi connectivity index (χ0v) is 22.2. The fourth-order valence-corrected chi connectivity index (χ4v) is 7.47. The van der Waals surface area contributed by atoms with E-state index in [1.54, 1.807) is 24.4 Å². The molecule has 11 heteroatoms. The molecule has 0 bridgehead atoms. The number of thiocarbonyl (C=S) groups is 1. The highest BCUT2D eigenvalue weighted by Crippen LogP contribution is 2.36. The lowest BCUT2D eigenvalue weighted by molar-refractivity contribution is -0.123. The van der Waals surface area contributed by atoms with E-state index in [4.69, 9.17) is 12.2 Å². The first-order valence-corrected chi connectivity index (χ1v) is 15.1. The van der Waals surface area contributed by atoms with Crippen molar-refractivity contribution >= 4 is 61.6 Å². The molecular weight excluding hydrogens is 504 g/mol. The van der Waals surface area contributed by atoms with Crippen molar-refractivity contribution in [2.24, 2.45) is 0 Å². The molecule has 2 aliphatic heterocycles. The molecule has 4 heterocycles. The van der Waals surface area contributed by atoms with Crippen LogP contribution in [-0.2, 0) is 14.6 Å². The molecule has 0 saturated carbocycles. The number of thioether (sulfide) groups is 1. The number of hydrogen-bond acceptors (Lipinski definition) is 8. The molecule has 2 fully saturated rings. The lowest BCUT2D eigenvalue weighted by atomic mass is 10.1. The summed E-state index contributed by atoms with van der Waals surface area (Å²) in [5.74, 6) is 0.0405. The molecule has 8 nitrogen and oxygen atoms in total. The quantitative estimate of drug-likeness (QED) is 0.279. The van der Waals surface area contributed by atoms with Crippen LogP contribution in [0.25, 0.3) is 11.7 Å². The first-order valence-electron chi connectivity index (χ1n) is 12.0. The minimum Gasteiger partial charge on any atom is -0.369 e. The Labute approximate surface area is 215 Å². The Morgan fingerprint density at radius 3 is 2.71 bits per heavy atom. The highest BCUT2D eigenvalue weighted by atomic mass is 32.2. The van der Waals surface area contributed by atoms with Gasteiger partial charge in [0, 0.05) is 12.7 Å². The molecule has 2 aromatic rings. The third-order valence-electron chi connectivity index (χ3n) is 6.26. The Kier molecular flexibility index (Phi) is 8.28. The lowest BCUT2D eigenvalue weighted by Gasteiger charge is -2.20. The second-order valence-corrected chi connectivity index (χ2v) is 12.8. The summed E-state index contributed by atoms with van der Waals surface area (Å²) in [6.07, 6.45) is 10.5. The van der Waals surface area contributed by atoms with Crippen LogP contribution in [0, 0.1) is 0 Å². The van der Waals surface area contributed by atoms with Crippen LogP contribution in [0.15, 0.2) is 34.1 Å². The van der Waals surface area contributed by atoms with E-state index >= 15 is 0 Å². The molecule has 0 spiro atoms.